The van der Waals surface area contributed by atoms with Crippen LogP contribution in [0.1, 0.15) is 60.5 Å². The first-order valence-corrected chi connectivity index (χ1v) is 15.1. The Labute approximate surface area is 259 Å². The Morgan fingerprint density at radius 2 is 1.45 bits per heavy atom. The molecular formula is C34H52ClN3O4. The van der Waals surface area contributed by atoms with Crippen LogP contribution in [0, 0.1) is 5.41 Å². The number of carbonyl (C=O) groups excluding carboxylic acids is 1. The third-order valence-electron chi connectivity index (χ3n) is 8.46. The lowest BCUT2D eigenvalue weighted by atomic mass is 9.52. The molecule has 1 aliphatic heterocycles. The number of nitrogens with one attached hydrogen (secondary N) is 2. The Morgan fingerprint density at radius 1 is 0.929 bits per heavy atom. The molecule has 0 bridgehead atoms. The fourth-order valence-electron chi connectivity index (χ4n) is 5.79. The Morgan fingerprint density at radius 3 is 1.95 bits per heavy atom. The van der Waals surface area contributed by atoms with E-state index >= 15 is 0 Å². The van der Waals surface area contributed by atoms with Gasteiger partial charge in [0.2, 0.25) is 5.91 Å². The summed E-state index contributed by atoms with van der Waals surface area (Å²) in [5, 5.41) is 6.77. The van der Waals surface area contributed by atoms with Gasteiger partial charge in [-0.05, 0) is 70.5 Å². The van der Waals surface area contributed by atoms with Gasteiger partial charge in [-0.3, -0.25) is 4.79 Å². The maximum Gasteiger partial charge on any atom is 0.221 e. The first-order chi connectivity index (χ1) is 19.8. The van der Waals surface area contributed by atoms with Gasteiger partial charge in [0.15, 0.2) is 0 Å². The van der Waals surface area contributed by atoms with Gasteiger partial charge in [0.05, 0.1) is 39.6 Å². The van der Waals surface area contributed by atoms with E-state index < -0.39 is 10.8 Å². The van der Waals surface area contributed by atoms with Crippen molar-refractivity contribution in [3.63, 3.8) is 0 Å². The summed E-state index contributed by atoms with van der Waals surface area (Å²) >= 11 is 6.31. The van der Waals surface area contributed by atoms with E-state index in [1.54, 1.807) is 0 Å². The van der Waals surface area contributed by atoms with E-state index in [9.17, 15) is 4.79 Å². The lowest BCUT2D eigenvalue weighted by Crippen LogP contribution is -2.54. The van der Waals surface area contributed by atoms with Crippen LogP contribution in [0.5, 0.6) is 0 Å². The minimum Gasteiger partial charge on any atom is -0.378 e. The number of ether oxygens (including phenoxy) is 3. The molecule has 0 aliphatic carbocycles. The summed E-state index contributed by atoms with van der Waals surface area (Å²) in [7, 11) is 1.89. The average Bonchev–Trinajstić information content (AvgIpc) is 2.92. The van der Waals surface area contributed by atoms with Gasteiger partial charge >= 0.3 is 0 Å². The highest BCUT2D eigenvalue weighted by Crippen LogP contribution is 2.60. The number of rotatable bonds is 17. The van der Waals surface area contributed by atoms with Crippen LogP contribution in [0.4, 0.5) is 0 Å². The molecule has 2 N–H and O–H groups in total. The average molecular weight is 602 g/mol. The van der Waals surface area contributed by atoms with Crippen LogP contribution < -0.4 is 10.6 Å². The highest BCUT2D eigenvalue weighted by atomic mass is 35.5. The lowest BCUT2D eigenvalue weighted by molar-refractivity contribution is -0.124. The highest BCUT2D eigenvalue weighted by molar-refractivity contribution is 6.30. The minimum absolute atomic E-state index is 0.0622. The molecule has 7 nitrogen and oxygen atoms in total. The molecule has 0 radical (unpaired) electrons. The van der Waals surface area contributed by atoms with Gasteiger partial charge in [-0.2, -0.15) is 0 Å². The largest absolute Gasteiger partial charge is 0.378 e. The number of benzene rings is 1. The molecule has 234 valence electrons. The molecule has 8 heteroatoms. The molecule has 1 aromatic rings. The molecule has 1 amide bonds. The van der Waals surface area contributed by atoms with Crippen LogP contribution in [0.25, 0.3) is 0 Å². The topological polar surface area (TPSA) is 72.1 Å². The van der Waals surface area contributed by atoms with Gasteiger partial charge in [-0.15, -0.1) is 0 Å². The SMILES string of the molecule is C=C(C)N1C(=C)[C@](C)(CC(=O)NCCOCCOCCOCCNC)[C@](C)(c2ccc(Cl)cc2)C(C(C)=C(C)C)=C1C. The summed E-state index contributed by atoms with van der Waals surface area (Å²) in [6.07, 6.45) is 0.234. The van der Waals surface area contributed by atoms with Gasteiger partial charge in [0, 0.05) is 52.5 Å². The molecule has 0 aromatic heterocycles. The fourth-order valence-corrected chi connectivity index (χ4v) is 5.91. The number of hydrogen-bond donors (Lipinski definition) is 2. The Hall–Kier alpha value is -2.42. The molecule has 0 saturated carbocycles. The molecule has 1 aromatic carbocycles. The maximum absolute atomic E-state index is 13.5. The summed E-state index contributed by atoms with van der Waals surface area (Å²) in [4.78, 5) is 15.7. The molecule has 0 spiro atoms. The Kier molecular flexibility index (Phi) is 14.0. The predicted molar refractivity (Wildman–Crippen MR) is 173 cm³/mol. The number of nitrogens with zero attached hydrogens (tertiary/aromatic N) is 1. The zero-order valence-electron chi connectivity index (χ0n) is 27.0. The summed E-state index contributed by atoms with van der Waals surface area (Å²) in [5.74, 6) is -0.0622. The van der Waals surface area contributed by atoms with E-state index in [2.05, 4.69) is 82.4 Å². The van der Waals surface area contributed by atoms with Crippen molar-refractivity contribution in [2.75, 3.05) is 59.8 Å². The first-order valence-electron chi connectivity index (χ1n) is 14.7. The van der Waals surface area contributed by atoms with E-state index in [1.807, 2.05) is 26.1 Å². The Balaban J connectivity index is 2.21. The molecule has 2 atom stereocenters. The number of amides is 1. The van der Waals surface area contributed by atoms with Gasteiger partial charge in [0.1, 0.15) is 0 Å². The van der Waals surface area contributed by atoms with Crippen LogP contribution in [0.3, 0.4) is 0 Å². The summed E-state index contributed by atoms with van der Waals surface area (Å²) in [6.45, 7) is 28.0. The smallest absolute Gasteiger partial charge is 0.221 e. The second-order valence-corrected chi connectivity index (χ2v) is 12.0. The normalized spacial score (nSPS) is 20.6. The zero-order valence-corrected chi connectivity index (χ0v) is 27.8. The summed E-state index contributed by atoms with van der Waals surface area (Å²) < 4.78 is 16.6. The molecular weight excluding hydrogens is 550 g/mol. The third-order valence-corrected chi connectivity index (χ3v) is 8.71. The molecule has 0 saturated heterocycles. The van der Waals surface area contributed by atoms with Crippen LogP contribution in [-0.2, 0) is 24.4 Å². The third kappa shape index (κ3) is 8.35. The molecule has 2 rings (SSSR count). The number of hydrogen-bond acceptors (Lipinski definition) is 6. The van der Waals surface area contributed by atoms with Crippen molar-refractivity contribution >= 4 is 17.5 Å². The molecule has 42 heavy (non-hydrogen) atoms. The van der Waals surface area contributed by atoms with Crippen LogP contribution in [0.15, 0.2) is 71.2 Å². The molecule has 1 heterocycles. The zero-order chi connectivity index (χ0) is 31.5. The van der Waals surface area contributed by atoms with Crippen molar-refractivity contribution in [2.24, 2.45) is 5.41 Å². The van der Waals surface area contributed by atoms with Crippen molar-refractivity contribution in [1.82, 2.24) is 15.5 Å². The monoisotopic (exact) mass is 601 g/mol. The van der Waals surface area contributed by atoms with Crippen molar-refractivity contribution in [2.45, 2.75) is 60.3 Å². The Bertz CT molecular complexity index is 1160. The van der Waals surface area contributed by atoms with E-state index in [1.165, 1.54) is 16.7 Å². The molecule has 1 aliphatic rings. The fraction of sp³-hybridized carbons (Fsp3) is 0.559. The van der Waals surface area contributed by atoms with Crippen LogP contribution in [0.2, 0.25) is 5.02 Å². The van der Waals surface area contributed by atoms with Gasteiger partial charge in [-0.1, -0.05) is 56.3 Å². The summed E-state index contributed by atoms with van der Waals surface area (Å²) in [6, 6.07) is 7.97. The van der Waals surface area contributed by atoms with E-state index in [4.69, 9.17) is 25.8 Å². The maximum atomic E-state index is 13.5. The quantitative estimate of drug-likeness (QED) is 0.202. The molecule has 0 unspecified atom stereocenters. The van der Waals surface area contributed by atoms with E-state index in [-0.39, 0.29) is 12.3 Å². The number of halogens is 1. The van der Waals surface area contributed by atoms with Crippen LogP contribution >= 0.6 is 11.6 Å². The predicted octanol–water partition coefficient (Wildman–Crippen LogP) is 6.37. The lowest BCUT2D eigenvalue weighted by Gasteiger charge is -2.57. The first kappa shape index (κ1) is 35.8. The standard InChI is InChI=1S/C34H52ClN3O4/c1-24(2)26(5)32-27(6)38(25(3)4)28(7)33(8,34(32,9)29-11-13-30(35)14-12-29)23-31(39)37-16-18-41-20-22-42-21-19-40-17-15-36-10/h11-14,36H,3,7,15-23H2,1-2,4-6,8-10H3,(H,37,39)/t33-,34+/m0/s1. The number of likely N-dealkylation sites (N-methyl/N-ethyl adjacent to an activating group) is 1. The van der Waals surface area contributed by atoms with Crippen molar-refractivity contribution < 1.29 is 19.0 Å². The second kappa shape index (κ2) is 16.4. The van der Waals surface area contributed by atoms with E-state index in [0.29, 0.717) is 51.2 Å². The van der Waals surface area contributed by atoms with Crippen LogP contribution in [-0.4, -0.2) is 70.6 Å². The minimum atomic E-state index is -0.681. The van der Waals surface area contributed by atoms with Crippen molar-refractivity contribution in [3.8, 4) is 0 Å². The summed E-state index contributed by atoms with van der Waals surface area (Å²) in [5.41, 5.74) is 6.18. The molecule has 0 fully saturated rings. The van der Waals surface area contributed by atoms with Gasteiger partial charge < -0.3 is 29.7 Å². The number of allylic oxidation sites excluding steroid dienone is 6. The highest BCUT2D eigenvalue weighted by Gasteiger charge is 2.56. The second-order valence-electron chi connectivity index (χ2n) is 11.5. The number of carbonyl (C=O) groups is 1. The van der Waals surface area contributed by atoms with E-state index in [0.717, 1.165) is 29.2 Å². The van der Waals surface area contributed by atoms with Crippen molar-refractivity contribution in [1.29, 1.82) is 0 Å². The van der Waals surface area contributed by atoms with Gasteiger partial charge in [-0.25, -0.2) is 0 Å². The van der Waals surface area contributed by atoms with Gasteiger partial charge in [0.25, 0.3) is 0 Å². The van der Waals surface area contributed by atoms with Crippen molar-refractivity contribution in [3.05, 3.63) is 81.8 Å².